The summed E-state index contributed by atoms with van der Waals surface area (Å²) in [7, 11) is 0. The summed E-state index contributed by atoms with van der Waals surface area (Å²) in [4.78, 5) is 31.2. The molecule has 0 radical (unpaired) electrons. The minimum absolute atomic E-state index is 0.161. The maximum Gasteiger partial charge on any atom is 0.311 e. The van der Waals surface area contributed by atoms with Crippen molar-refractivity contribution in [3.63, 3.8) is 0 Å². The monoisotopic (exact) mass is 366 g/mol. The number of thiophene rings is 1. The minimum atomic E-state index is -0.869. The lowest BCUT2D eigenvalue weighted by molar-refractivity contribution is -0.138. The fraction of sp³-hybridized carbons (Fsp3) is 0.250. The number of allylic oxidation sites excluding steroid dienone is 1. The van der Waals surface area contributed by atoms with Crippen molar-refractivity contribution < 1.29 is 9.90 Å². The molecule has 5 nitrogen and oxygen atoms in total. The van der Waals surface area contributed by atoms with Crippen molar-refractivity contribution in [2.24, 2.45) is 0 Å². The van der Waals surface area contributed by atoms with Crippen LogP contribution in [-0.4, -0.2) is 20.6 Å². The van der Waals surface area contributed by atoms with E-state index in [-0.39, 0.29) is 5.56 Å². The molecule has 4 rings (SSSR count). The summed E-state index contributed by atoms with van der Waals surface area (Å²) in [5.74, 6) is -0.794. The molecule has 2 aromatic heterocycles. The lowest BCUT2D eigenvalue weighted by Gasteiger charge is -2.12. The Morgan fingerprint density at radius 1 is 1.38 bits per heavy atom. The highest BCUT2D eigenvalue weighted by Gasteiger charge is 2.34. The molecule has 26 heavy (non-hydrogen) atoms. The van der Waals surface area contributed by atoms with Crippen LogP contribution < -0.4 is 5.56 Å². The topological polar surface area (TPSA) is 72.2 Å². The van der Waals surface area contributed by atoms with Crippen LogP contribution in [0.1, 0.15) is 34.2 Å². The van der Waals surface area contributed by atoms with Gasteiger partial charge in [0.25, 0.3) is 5.56 Å². The summed E-state index contributed by atoms with van der Waals surface area (Å²) in [6, 6.07) is 9.88. The predicted molar refractivity (Wildman–Crippen MR) is 102 cm³/mol. The van der Waals surface area contributed by atoms with Crippen LogP contribution in [0.4, 0.5) is 0 Å². The number of aliphatic carboxylic acids is 1. The number of nitrogens with zero attached hydrogens (tertiary/aromatic N) is 2. The van der Waals surface area contributed by atoms with Gasteiger partial charge in [0.05, 0.1) is 11.3 Å². The number of carbonyl (C=O) groups is 1. The van der Waals surface area contributed by atoms with Crippen molar-refractivity contribution in [1.29, 1.82) is 0 Å². The number of fused-ring (bicyclic) bond motifs is 3. The molecule has 0 saturated carbocycles. The zero-order valence-electron chi connectivity index (χ0n) is 14.1. The van der Waals surface area contributed by atoms with E-state index < -0.39 is 11.9 Å². The molecule has 0 aliphatic heterocycles. The van der Waals surface area contributed by atoms with Crippen LogP contribution in [-0.2, 0) is 24.2 Å². The van der Waals surface area contributed by atoms with E-state index in [1.54, 1.807) is 10.6 Å². The van der Waals surface area contributed by atoms with Gasteiger partial charge in [-0.3, -0.25) is 14.2 Å². The summed E-state index contributed by atoms with van der Waals surface area (Å²) >= 11 is 1.46. The van der Waals surface area contributed by atoms with Gasteiger partial charge in [-0.1, -0.05) is 36.4 Å². The van der Waals surface area contributed by atoms with Crippen molar-refractivity contribution >= 4 is 27.5 Å². The molecule has 0 saturated heterocycles. The standard InChI is InChI=1S/C20H18N2O3S/c1-2-10-22-15(11-12-6-4-3-5-7-12)21-18-17(19(22)23)16-13(20(24)25)8-9-14(16)26-18/h2-7,13H,1,8-11H2,(H,24,25). The van der Waals surface area contributed by atoms with E-state index in [0.29, 0.717) is 47.4 Å². The highest BCUT2D eigenvalue weighted by Crippen LogP contribution is 2.42. The first-order chi connectivity index (χ1) is 12.6. The molecule has 0 fully saturated rings. The Morgan fingerprint density at radius 3 is 2.85 bits per heavy atom. The Balaban J connectivity index is 1.92. The Bertz CT molecular complexity index is 1070. The van der Waals surface area contributed by atoms with E-state index in [0.717, 1.165) is 10.4 Å². The Hall–Kier alpha value is -2.73. The fourth-order valence-electron chi connectivity index (χ4n) is 3.64. The summed E-state index contributed by atoms with van der Waals surface area (Å²) in [6.07, 6.45) is 3.47. The van der Waals surface area contributed by atoms with Gasteiger partial charge in [-0.05, 0) is 24.0 Å². The van der Waals surface area contributed by atoms with Crippen molar-refractivity contribution in [2.45, 2.75) is 31.7 Å². The highest BCUT2D eigenvalue weighted by molar-refractivity contribution is 7.18. The lowest BCUT2D eigenvalue weighted by Crippen LogP contribution is -2.26. The summed E-state index contributed by atoms with van der Waals surface area (Å²) in [6.45, 7) is 4.10. The molecule has 0 amide bonds. The maximum atomic E-state index is 13.2. The van der Waals surface area contributed by atoms with E-state index in [1.165, 1.54) is 11.3 Å². The van der Waals surface area contributed by atoms with Gasteiger partial charge < -0.3 is 5.11 Å². The van der Waals surface area contributed by atoms with Crippen molar-refractivity contribution in [1.82, 2.24) is 9.55 Å². The Labute approximate surface area is 154 Å². The maximum absolute atomic E-state index is 13.2. The molecule has 1 atom stereocenters. The van der Waals surface area contributed by atoms with Crippen LogP contribution in [0.3, 0.4) is 0 Å². The predicted octanol–water partition coefficient (Wildman–Crippen LogP) is 3.35. The molecular weight excluding hydrogens is 348 g/mol. The van der Waals surface area contributed by atoms with E-state index >= 15 is 0 Å². The van der Waals surface area contributed by atoms with Crippen LogP contribution in [0.2, 0.25) is 0 Å². The van der Waals surface area contributed by atoms with Gasteiger partial charge in [-0.2, -0.15) is 0 Å². The number of rotatable bonds is 5. The number of carboxylic acids is 1. The normalized spacial score (nSPS) is 15.9. The van der Waals surface area contributed by atoms with Gasteiger partial charge in [-0.15, -0.1) is 17.9 Å². The average molecular weight is 366 g/mol. The molecule has 3 aromatic rings. The zero-order valence-corrected chi connectivity index (χ0v) is 15.0. The van der Waals surface area contributed by atoms with Gasteiger partial charge in [-0.25, -0.2) is 4.98 Å². The number of carboxylic acid groups (broad SMARTS) is 1. The summed E-state index contributed by atoms with van der Waals surface area (Å²) in [5, 5.41) is 9.99. The summed E-state index contributed by atoms with van der Waals surface area (Å²) < 4.78 is 1.62. The SMILES string of the molecule is C=CCn1c(Cc2ccccc2)nc2sc3c(c2c1=O)C(C(=O)O)CC3. The van der Waals surface area contributed by atoms with Crippen molar-refractivity contribution in [3.8, 4) is 0 Å². The van der Waals surface area contributed by atoms with E-state index in [2.05, 4.69) is 6.58 Å². The third-order valence-electron chi connectivity index (χ3n) is 4.83. The Kier molecular flexibility index (Phi) is 4.20. The lowest BCUT2D eigenvalue weighted by atomic mass is 10.0. The van der Waals surface area contributed by atoms with Gasteiger partial charge in [0.2, 0.25) is 0 Å². The molecule has 1 aliphatic carbocycles. The zero-order chi connectivity index (χ0) is 18.3. The van der Waals surface area contributed by atoms with Crippen LogP contribution in [0.15, 0.2) is 47.8 Å². The highest BCUT2D eigenvalue weighted by atomic mass is 32.1. The molecule has 1 unspecified atom stereocenters. The van der Waals surface area contributed by atoms with Crippen molar-refractivity contribution in [3.05, 3.63) is 75.2 Å². The molecule has 0 bridgehead atoms. The van der Waals surface area contributed by atoms with Crippen LogP contribution in [0, 0.1) is 0 Å². The Morgan fingerprint density at radius 2 is 2.15 bits per heavy atom. The van der Waals surface area contributed by atoms with E-state index in [9.17, 15) is 14.7 Å². The third kappa shape index (κ3) is 2.66. The molecule has 0 spiro atoms. The van der Waals surface area contributed by atoms with Gasteiger partial charge in [0.1, 0.15) is 10.7 Å². The second-order valence-electron chi connectivity index (χ2n) is 6.44. The third-order valence-corrected chi connectivity index (χ3v) is 5.99. The van der Waals surface area contributed by atoms with Gasteiger partial charge in [0.15, 0.2) is 0 Å². The number of aryl methyl sites for hydroxylation is 1. The largest absolute Gasteiger partial charge is 0.481 e. The van der Waals surface area contributed by atoms with Crippen LogP contribution >= 0.6 is 11.3 Å². The fourth-order valence-corrected chi connectivity index (χ4v) is 4.90. The minimum Gasteiger partial charge on any atom is -0.481 e. The van der Waals surface area contributed by atoms with Gasteiger partial charge in [0, 0.05) is 17.8 Å². The first-order valence-corrected chi connectivity index (χ1v) is 9.34. The molecular formula is C20H18N2O3S. The first-order valence-electron chi connectivity index (χ1n) is 8.52. The first kappa shape index (κ1) is 16.7. The van der Waals surface area contributed by atoms with Crippen molar-refractivity contribution in [2.75, 3.05) is 0 Å². The average Bonchev–Trinajstić information content (AvgIpc) is 3.17. The quantitative estimate of drug-likeness (QED) is 0.703. The van der Waals surface area contributed by atoms with E-state index in [1.807, 2.05) is 30.3 Å². The smallest absolute Gasteiger partial charge is 0.311 e. The van der Waals surface area contributed by atoms with Gasteiger partial charge >= 0.3 is 5.97 Å². The van der Waals surface area contributed by atoms with Crippen LogP contribution in [0.5, 0.6) is 0 Å². The molecule has 1 aliphatic rings. The molecule has 132 valence electrons. The molecule has 1 aromatic carbocycles. The number of benzene rings is 1. The summed E-state index contributed by atoms with van der Waals surface area (Å²) in [5.41, 5.74) is 1.59. The second kappa shape index (κ2) is 6.53. The number of aromatic nitrogens is 2. The second-order valence-corrected chi connectivity index (χ2v) is 7.53. The molecule has 6 heteroatoms. The number of hydrogen-bond donors (Lipinski definition) is 1. The number of hydrogen-bond acceptors (Lipinski definition) is 4. The molecule has 2 heterocycles. The van der Waals surface area contributed by atoms with Crippen LogP contribution in [0.25, 0.3) is 10.2 Å². The van der Waals surface area contributed by atoms with E-state index in [4.69, 9.17) is 4.98 Å². The molecule has 1 N–H and O–H groups in total.